The van der Waals surface area contributed by atoms with Crippen LogP contribution in [0.5, 0.6) is 5.88 Å². The van der Waals surface area contributed by atoms with Crippen molar-refractivity contribution in [1.82, 2.24) is 4.98 Å². The fourth-order valence-corrected chi connectivity index (χ4v) is 0.957. The van der Waals surface area contributed by atoms with Gasteiger partial charge in [-0.2, -0.15) is 0 Å². The first-order chi connectivity index (χ1) is 5.88. The van der Waals surface area contributed by atoms with Crippen LogP contribution in [0.4, 0.5) is 13.2 Å². The summed E-state index contributed by atoms with van der Waals surface area (Å²) in [5.41, 5.74) is 0.241. The van der Waals surface area contributed by atoms with Gasteiger partial charge in [-0.3, -0.25) is 0 Å². The van der Waals surface area contributed by atoms with Gasteiger partial charge in [0.1, 0.15) is 0 Å². The van der Waals surface area contributed by atoms with Crippen molar-refractivity contribution in [3.63, 3.8) is 0 Å². The van der Waals surface area contributed by atoms with Crippen molar-refractivity contribution >= 4 is 11.6 Å². The summed E-state index contributed by atoms with van der Waals surface area (Å²) < 4.78 is 38.8. The minimum atomic E-state index is -4.72. The maximum Gasteiger partial charge on any atom is 0.574 e. The zero-order valence-electron chi connectivity index (χ0n) is 6.52. The molecule has 0 radical (unpaired) electrons. The molecule has 0 aromatic carbocycles. The second-order valence-corrected chi connectivity index (χ2v) is 2.76. The van der Waals surface area contributed by atoms with Crippen LogP contribution in [0.25, 0.3) is 0 Å². The summed E-state index contributed by atoms with van der Waals surface area (Å²) in [5, 5.41) is 0.270. The van der Waals surface area contributed by atoms with E-state index < -0.39 is 12.2 Å². The number of aryl methyl sites for hydroxylation is 1. The molecule has 0 aliphatic carbocycles. The molecule has 6 heteroatoms. The molecule has 1 rings (SSSR count). The number of pyridine rings is 1. The van der Waals surface area contributed by atoms with Gasteiger partial charge >= 0.3 is 6.36 Å². The Morgan fingerprint density at radius 3 is 2.54 bits per heavy atom. The smallest absolute Gasteiger partial charge is 0.388 e. The van der Waals surface area contributed by atoms with Gasteiger partial charge in [0.15, 0.2) is 0 Å². The number of hydrogen-bond donors (Lipinski definition) is 0. The van der Waals surface area contributed by atoms with Crippen LogP contribution in [0.15, 0.2) is 12.3 Å². The Hall–Kier alpha value is -0.970. The highest BCUT2D eigenvalue weighted by atomic mass is 35.5. The summed E-state index contributed by atoms with van der Waals surface area (Å²) in [7, 11) is 0. The molecule has 0 saturated heterocycles. The zero-order chi connectivity index (χ0) is 10.1. The zero-order valence-corrected chi connectivity index (χ0v) is 7.28. The number of rotatable bonds is 1. The summed E-state index contributed by atoms with van der Waals surface area (Å²) in [5.74, 6) is -0.475. The number of aromatic nitrogens is 1. The first-order valence-electron chi connectivity index (χ1n) is 3.26. The molecule has 0 spiro atoms. The predicted octanol–water partition coefficient (Wildman–Crippen LogP) is 2.94. The quantitative estimate of drug-likeness (QED) is 0.713. The van der Waals surface area contributed by atoms with Crippen molar-refractivity contribution in [1.29, 1.82) is 0 Å². The van der Waals surface area contributed by atoms with Gasteiger partial charge in [-0.15, -0.1) is 13.2 Å². The lowest BCUT2D eigenvalue weighted by Gasteiger charge is -2.09. The lowest BCUT2D eigenvalue weighted by atomic mass is 10.3. The summed E-state index contributed by atoms with van der Waals surface area (Å²) >= 11 is 5.49. The second-order valence-electron chi connectivity index (χ2n) is 2.32. The minimum absolute atomic E-state index is 0.241. The Labute approximate surface area is 77.3 Å². The van der Waals surface area contributed by atoms with Crippen molar-refractivity contribution in [3.8, 4) is 5.88 Å². The van der Waals surface area contributed by atoms with Gasteiger partial charge in [-0.1, -0.05) is 11.6 Å². The maximum absolute atomic E-state index is 11.7. The van der Waals surface area contributed by atoms with E-state index >= 15 is 0 Å². The maximum atomic E-state index is 11.7. The van der Waals surface area contributed by atoms with E-state index in [1.165, 1.54) is 13.0 Å². The van der Waals surface area contributed by atoms with E-state index in [0.29, 0.717) is 0 Å². The Kier molecular flexibility index (Phi) is 2.66. The summed E-state index contributed by atoms with van der Waals surface area (Å²) in [6.45, 7) is 1.43. The van der Waals surface area contributed by atoms with Gasteiger partial charge < -0.3 is 4.74 Å². The van der Waals surface area contributed by atoms with Crippen LogP contribution in [0.2, 0.25) is 5.02 Å². The van der Waals surface area contributed by atoms with E-state index in [9.17, 15) is 13.2 Å². The van der Waals surface area contributed by atoms with Crippen LogP contribution in [0, 0.1) is 6.92 Å². The lowest BCUT2D eigenvalue weighted by Crippen LogP contribution is -2.18. The third-order valence-corrected chi connectivity index (χ3v) is 1.42. The highest BCUT2D eigenvalue weighted by Gasteiger charge is 2.32. The second kappa shape index (κ2) is 3.41. The van der Waals surface area contributed by atoms with Gasteiger partial charge in [-0.25, -0.2) is 4.98 Å². The molecule has 0 N–H and O–H groups in total. The van der Waals surface area contributed by atoms with Crippen molar-refractivity contribution in [3.05, 3.63) is 22.8 Å². The molecule has 1 aromatic rings. The fourth-order valence-electron chi connectivity index (χ4n) is 0.744. The number of halogens is 4. The van der Waals surface area contributed by atoms with Crippen molar-refractivity contribution < 1.29 is 17.9 Å². The molecule has 0 aliphatic heterocycles. The summed E-state index contributed by atoms with van der Waals surface area (Å²) in [4.78, 5) is 3.39. The molecule has 0 bridgehead atoms. The molecule has 0 saturated carbocycles. The number of ether oxygens (including phenoxy) is 1. The van der Waals surface area contributed by atoms with E-state index in [0.717, 1.165) is 6.20 Å². The average molecular weight is 212 g/mol. The molecule has 0 fully saturated rings. The topological polar surface area (TPSA) is 22.1 Å². The van der Waals surface area contributed by atoms with Gasteiger partial charge in [0.05, 0.1) is 5.02 Å². The lowest BCUT2D eigenvalue weighted by molar-refractivity contribution is -0.276. The molecule has 1 heterocycles. The van der Waals surface area contributed by atoms with E-state index in [2.05, 4.69) is 9.72 Å². The SMILES string of the molecule is Cc1cc(Cl)cnc1OC(F)(F)F. The molecule has 13 heavy (non-hydrogen) atoms. The highest BCUT2D eigenvalue weighted by molar-refractivity contribution is 6.30. The Morgan fingerprint density at radius 2 is 2.08 bits per heavy atom. The highest BCUT2D eigenvalue weighted by Crippen LogP contribution is 2.25. The molecule has 0 unspecified atom stereocenters. The molecule has 2 nitrogen and oxygen atoms in total. The molecule has 1 aromatic heterocycles. The van der Waals surface area contributed by atoms with Crippen molar-refractivity contribution in [2.45, 2.75) is 13.3 Å². The van der Waals surface area contributed by atoms with Gasteiger partial charge in [0.25, 0.3) is 0 Å². The van der Waals surface area contributed by atoms with Crippen LogP contribution >= 0.6 is 11.6 Å². The average Bonchev–Trinajstić information content (AvgIpc) is 1.93. The third kappa shape index (κ3) is 3.10. The third-order valence-electron chi connectivity index (χ3n) is 1.21. The molecule has 72 valence electrons. The number of alkyl halides is 3. The van der Waals surface area contributed by atoms with Crippen LogP contribution in [-0.4, -0.2) is 11.3 Å². The first kappa shape index (κ1) is 10.1. The molecular formula is C7H5ClF3NO. The predicted molar refractivity (Wildman–Crippen MR) is 40.7 cm³/mol. The van der Waals surface area contributed by atoms with E-state index in [1.54, 1.807) is 0 Å². The summed E-state index contributed by atoms with van der Waals surface area (Å²) in [6, 6.07) is 1.34. The normalized spacial score (nSPS) is 11.5. The molecule has 0 amide bonds. The number of nitrogens with zero attached hydrogens (tertiary/aromatic N) is 1. The minimum Gasteiger partial charge on any atom is -0.388 e. The van der Waals surface area contributed by atoms with Gasteiger partial charge in [0, 0.05) is 11.8 Å². The van der Waals surface area contributed by atoms with Crippen LogP contribution < -0.4 is 4.74 Å². The van der Waals surface area contributed by atoms with Crippen LogP contribution in [0.3, 0.4) is 0 Å². The van der Waals surface area contributed by atoms with Crippen LogP contribution in [-0.2, 0) is 0 Å². The number of hydrogen-bond acceptors (Lipinski definition) is 2. The monoisotopic (exact) mass is 211 g/mol. The molecule has 0 atom stereocenters. The summed E-state index contributed by atoms with van der Waals surface area (Å²) in [6.07, 6.45) is -3.62. The fraction of sp³-hybridized carbons (Fsp3) is 0.286. The van der Waals surface area contributed by atoms with Crippen molar-refractivity contribution in [2.75, 3.05) is 0 Å². The molecule has 0 aliphatic rings. The van der Waals surface area contributed by atoms with E-state index in [4.69, 9.17) is 11.6 Å². The first-order valence-corrected chi connectivity index (χ1v) is 3.64. The van der Waals surface area contributed by atoms with Crippen LogP contribution in [0.1, 0.15) is 5.56 Å². The Morgan fingerprint density at radius 1 is 1.46 bits per heavy atom. The largest absolute Gasteiger partial charge is 0.574 e. The van der Waals surface area contributed by atoms with E-state index in [1.807, 2.05) is 0 Å². The Balaban J connectivity index is 2.90. The Bertz CT molecular complexity index is 313. The standard InChI is InChI=1S/C7H5ClF3NO/c1-4-2-5(8)3-12-6(4)13-7(9,10)11/h2-3H,1H3. The van der Waals surface area contributed by atoms with E-state index in [-0.39, 0.29) is 10.6 Å². The van der Waals surface area contributed by atoms with Crippen molar-refractivity contribution in [2.24, 2.45) is 0 Å². The van der Waals surface area contributed by atoms with Gasteiger partial charge in [0.2, 0.25) is 5.88 Å². The van der Waals surface area contributed by atoms with Gasteiger partial charge in [-0.05, 0) is 13.0 Å². The molecular weight excluding hydrogens is 207 g/mol.